The molecule has 0 radical (unpaired) electrons. The first-order valence-corrected chi connectivity index (χ1v) is 9.63. The molecule has 1 aromatic carbocycles. The molecule has 27 heavy (non-hydrogen) atoms. The first kappa shape index (κ1) is 23.1. The van der Waals surface area contributed by atoms with Crippen LogP contribution < -0.4 is 4.90 Å². The number of hydrogen-bond acceptors (Lipinski definition) is 4. The van der Waals surface area contributed by atoms with E-state index in [1.165, 1.54) is 4.90 Å². The number of para-hydroxylation sites is 1. The average molecular weight is 378 g/mol. The summed E-state index contributed by atoms with van der Waals surface area (Å²) in [5, 5.41) is 0. The van der Waals surface area contributed by atoms with Gasteiger partial charge in [-0.1, -0.05) is 32.0 Å². The summed E-state index contributed by atoms with van der Waals surface area (Å²) >= 11 is 0. The van der Waals surface area contributed by atoms with Crippen molar-refractivity contribution in [2.24, 2.45) is 5.92 Å². The number of nitrogens with zero attached hydrogens (tertiary/aromatic N) is 3. The van der Waals surface area contributed by atoms with Gasteiger partial charge >= 0.3 is 0 Å². The van der Waals surface area contributed by atoms with E-state index in [2.05, 4.69) is 25.8 Å². The molecule has 6 nitrogen and oxygen atoms in total. The van der Waals surface area contributed by atoms with Gasteiger partial charge in [0, 0.05) is 46.0 Å². The predicted octanol–water partition coefficient (Wildman–Crippen LogP) is 2.49. The molecule has 1 aromatic rings. The third kappa shape index (κ3) is 9.54. The summed E-state index contributed by atoms with van der Waals surface area (Å²) in [4.78, 5) is 29.8. The van der Waals surface area contributed by atoms with Crippen molar-refractivity contribution in [3.8, 4) is 0 Å². The maximum absolute atomic E-state index is 12.3. The Bertz CT molecular complexity index is 563. The van der Waals surface area contributed by atoms with Crippen LogP contribution in [0.15, 0.2) is 30.3 Å². The topological polar surface area (TPSA) is 53.1 Å². The van der Waals surface area contributed by atoms with Crippen LogP contribution in [0.1, 0.15) is 26.7 Å². The molecule has 0 atom stereocenters. The quantitative estimate of drug-likeness (QED) is 0.415. The van der Waals surface area contributed by atoms with Gasteiger partial charge in [0.1, 0.15) is 6.42 Å². The lowest BCUT2D eigenvalue weighted by atomic mass is 10.2. The standard InChI is InChI=1S/C21H35N3O3/c1-18(2)17-22(3)12-9-14-27-15-13-23(4)20(25)16-21(26)24(5)19-10-7-6-8-11-19/h6-8,10-11,18H,9,12-17H2,1-5H3. The molecule has 0 aromatic heterocycles. The fourth-order valence-corrected chi connectivity index (χ4v) is 2.76. The summed E-state index contributed by atoms with van der Waals surface area (Å²) in [5.41, 5.74) is 0.781. The van der Waals surface area contributed by atoms with Gasteiger partial charge in [-0.2, -0.15) is 0 Å². The molecule has 0 N–H and O–H groups in total. The van der Waals surface area contributed by atoms with Crippen LogP contribution in [-0.2, 0) is 14.3 Å². The third-order valence-corrected chi connectivity index (χ3v) is 4.32. The molecule has 0 aliphatic heterocycles. The van der Waals surface area contributed by atoms with Crippen molar-refractivity contribution < 1.29 is 14.3 Å². The highest BCUT2D eigenvalue weighted by molar-refractivity contribution is 6.04. The molecule has 0 bridgehead atoms. The van der Waals surface area contributed by atoms with E-state index in [-0.39, 0.29) is 18.2 Å². The first-order valence-electron chi connectivity index (χ1n) is 9.63. The second kappa shape index (κ2) is 12.5. The smallest absolute Gasteiger partial charge is 0.236 e. The van der Waals surface area contributed by atoms with Crippen LogP contribution in [0.2, 0.25) is 0 Å². The number of benzene rings is 1. The lowest BCUT2D eigenvalue weighted by Gasteiger charge is -2.21. The predicted molar refractivity (Wildman–Crippen MR) is 110 cm³/mol. The molecule has 0 saturated heterocycles. The largest absolute Gasteiger partial charge is 0.380 e. The van der Waals surface area contributed by atoms with Gasteiger partial charge in [0.05, 0.1) is 6.61 Å². The lowest BCUT2D eigenvalue weighted by molar-refractivity contribution is -0.134. The Labute approximate surface area is 164 Å². The Morgan fingerprint density at radius 1 is 0.963 bits per heavy atom. The number of carbonyl (C=O) groups is 2. The summed E-state index contributed by atoms with van der Waals surface area (Å²) in [6.07, 6.45) is 0.836. The minimum absolute atomic E-state index is 0.137. The number of amides is 2. The lowest BCUT2D eigenvalue weighted by Crippen LogP contribution is -2.36. The highest BCUT2D eigenvalue weighted by Crippen LogP contribution is 2.12. The molecule has 152 valence electrons. The Balaban J connectivity index is 2.20. The maximum Gasteiger partial charge on any atom is 0.236 e. The van der Waals surface area contributed by atoms with Gasteiger partial charge in [0.15, 0.2) is 0 Å². The number of carbonyl (C=O) groups excluding carboxylic acids is 2. The van der Waals surface area contributed by atoms with Crippen LogP contribution in [0.5, 0.6) is 0 Å². The molecule has 0 unspecified atom stereocenters. The van der Waals surface area contributed by atoms with E-state index in [1.54, 1.807) is 19.0 Å². The minimum atomic E-state index is -0.216. The second-order valence-electron chi connectivity index (χ2n) is 7.40. The Morgan fingerprint density at radius 3 is 2.26 bits per heavy atom. The van der Waals surface area contributed by atoms with Crippen molar-refractivity contribution in [2.45, 2.75) is 26.7 Å². The first-order chi connectivity index (χ1) is 12.8. The van der Waals surface area contributed by atoms with Gasteiger partial charge in [0.25, 0.3) is 0 Å². The second-order valence-corrected chi connectivity index (χ2v) is 7.40. The maximum atomic E-state index is 12.3. The normalized spacial score (nSPS) is 11.1. The molecular weight excluding hydrogens is 342 g/mol. The van der Waals surface area contributed by atoms with Gasteiger partial charge in [-0.25, -0.2) is 0 Å². The fourth-order valence-electron chi connectivity index (χ4n) is 2.76. The molecular formula is C21H35N3O3. The van der Waals surface area contributed by atoms with Crippen LogP contribution >= 0.6 is 0 Å². The van der Waals surface area contributed by atoms with E-state index in [0.717, 1.165) is 25.2 Å². The molecule has 0 spiro atoms. The van der Waals surface area contributed by atoms with E-state index < -0.39 is 0 Å². The van der Waals surface area contributed by atoms with Gasteiger partial charge in [-0.15, -0.1) is 0 Å². The molecule has 0 saturated carbocycles. The third-order valence-electron chi connectivity index (χ3n) is 4.32. The number of hydrogen-bond donors (Lipinski definition) is 0. The minimum Gasteiger partial charge on any atom is -0.380 e. The average Bonchev–Trinajstić information content (AvgIpc) is 2.63. The summed E-state index contributed by atoms with van der Waals surface area (Å²) in [7, 11) is 5.51. The van der Waals surface area contributed by atoms with Crippen LogP contribution in [0.4, 0.5) is 5.69 Å². The van der Waals surface area contributed by atoms with Gasteiger partial charge in [-0.05, 0) is 31.5 Å². The van der Waals surface area contributed by atoms with Crippen LogP contribution in [0.3, 0.4) is 0 Å². The molecule has 1 rings (SSSR count). The highest BCUT2D eigenvalue weighted by Gasteiger charge is 2.18. The summed E-state index contributed by atoms with van der Waals surface area (Å²) < 4.78 is 5.62. The van der Waals surface area contributed by atoms with E-state index in [1.807, 2.05) is 30.3 Å². The van der Waals surface area contributed by atoms with Crippen molar-refractivity contribution in [3.63, 3.8) is 0 Å². The van der Waals surface area contributed by atoms with E-state index >= 15 is 0 Å². The fraction of sp³-hybridized carbons (Fsp3) is 0.619. The summed E-state index contributed by atoms with van der Waals surface area (Å²) in [6.45, 7) is 8.17. The van der Waals surface area contributed by atoms with E-state index in [0.29, 0.717) is 25.7 Å². The van der Waals surface area contributed by atoms with Crippen molar-refractivity contribution in [3.05, 3.63) is 30.3 Å². The number of anilines is 1. The molecule has 0 aliphatic carbocycles. The molecule has 6 heteroatoms. The molecule has 0 fully saturated rings. The number of likely N-dealkylation sites (N-methyl/N-ethyl adjacent to an activating group) is 1. The van der Waals surface area contributed by atoms with Crippen molar-refractivity contribution in [2.75, 3.05) is 58.9 Å². The molecule has 0 heterocycles. The van der Waals surface area contributed by atoms with Gasteiger partial charge in [0.2, 0.25) is 11.8 Å². The summed E-state index contributed by atoms with van der Waals surface area (Å²) in [5.74, 6) is 0.259. The van der Waals surface area contributed by atoms with Crippen molar-refractivity contribution in [1.82, 2.24) is 9.80 Å². The van der Waals surface area contributed by atoms with E-state index in [9.17, 15) is 9.59 Å². The highest BCUT2D eigenvalue weighted by atomic mass is 16.5. The SMILES string of the molecule is CC(C)CN(C)CCCOCCN(C)C(=O)CC(=O)N(C)c1ccccc1. The van der Waals surface area contributed by atoms with Crippen molar-refractivity contribution >= 4 is 17.5 Å². The Kier molecular flexibility index (Phi) is 10.7. The van der Waals surface area contributed by atoms with Crippen LogP contribution in [-0.4, -0.2) is 75.6 Å². The molecule has 2 amide bonds. The van der Waals surface area contributed by atoms with Gasteiger partial charge < -0.3 is 19.4 Å². The zero-order valence-electron chi connectivity index (χ0n) is 17.5. The van der Waals surface area contributed by atoms with Crippen LogP contribution in [0, 0.1) is 5.92 Å². The van der Waals surface area contributed by atoms with Crippen molar-refractivity contribution in [1.29, 1.82) is 0 Å². The van der Waals surface area contributed by atoms with Crippen LogP contribution in [0.25, 0.3) is 0 Å². The monoisotopic (exact) mass is 377 g/mol. The Morgan fingerprint density at radius 2 is 1.63 bits per heavy atom. The zero-order valence-corrected chi connectivity index (χ0v) is 17.5. The van der Waals surface area contributed by atoms with Gasteiger partial charge in [-0.3, -0.25) is 9.59 Å². The summed E-state index contributed by atoms with van der Waals surface area (Å²) in [6, 6.07) is 9.32. The zero-order chi connectivity index (χ0) is 20.2. The number of rotatable bonds is 12. The Hall–Kier alpha value is -1.92. The van der Waals surface area contributed by atoms with E-state index in [4.69, 9.17) is 4.74 Å². The number of ether oxygens (including phenoxy) is 1. The molecule has 0 aliphatic rings.